The zero-order valence-electron chi connectivity index (χ0n) is 12.1. The molecule has 0 aliphatic heterocycles. The lowest BCUT2D eigenvalue weighted by Gasteiger charge is -2.40. The van der Waals surface area contributed by atoms with Crippen molar-refractivity contribution in [3.05, 3.63) is 0 Å². The van der Waals surface area contributed by atoms with Crippen LogP contribution in [0.25, 0.3) is 0 Å². The molecule has 3 nitrogen and oxygen atoms in total. The highest BCUT2D eigenvalue weighted by atomic mass is 15.1. The van der Waals surface area contributed by atoms with Gasteiger partial charge >= 0.3 is 0 Å². The van der Waals surface area contributed by atoms with E-state index in [1.54, 1.807) is 0 Å². The third kappa shape index (κ3) is 4.94. The second kappa shape index (κ2) is 6.72. The fourth-order valence-electron chi connectivity index (χ4n) is 2.56. The Kier molecular flexibility index (Phi) is 5.90. The Bertz CT molecular complexity index is 210. The van der Waals surface area contributed by atoms with E-state index < -0.39 is 0 Å². The second-order valence-corrected chi connectivity index (χ2v) is 5.86. The minimum atomic E-state index is -0.122. The Morgan fingerprint density at radius 2 is 1.65 bits per heavy atom. The third-order valence-corrected chi connectivity index (χ3v) is 4.16. The summed E-state index contributed by atoms with van der Waals surface area (Å²) in [6, 6.07) is 1.83. The minimum absolute atomic E-state index is 0.122. The van der Waals surface area contributed by atoms with Crippen LogP contribution in [0.2, 0.25) is 0 Å². The summed E-state index contributed by atoms with van der Waals surface area (Å²) in [6.45, 7) is 8.93. The zero-order chi connectivity index (χ0) is 12.9. The third-order valence-electron chi connectivity index (χ3n) is 4.16. The van der Waals surface area contributed by atoms with Crippen molar-refractivity contribution < 1.29 is 0 Å². The lowest BCUT2D eigenvalue weighted by molar-refractivity contribution is 0.184. The molecule has 1 saturated carbocycles. The number of nitrogens with two attached hydrogens (primary N) is 1. The van der Waals surface area contributed by atoms with Crippen LogP contribution in [0, 0.1) is 0 Å². The molecule has 1 aliphatic carbocycles. The molecule has 0 bridgehead atoms. The van der Waals surface area contributed by atoms with Crippen molar-refractivity contribution in [3.8, 4) is 0 Å². The Morgan fingerprint density at radius 3 is 2.12 bits per heavy atom. The largest absolute Gasteiger partial charge is 0.313 e. The molecule has 4 N–H and O–H groups in total. The van der Waals surface area contributed by atoms with Gasteiger partial charge < -0.3 is 11.1 Å². The average Bonchev–Trinajstić information content (AvgIpc) is 2.32. The van der Waals surface area contributed by atoms with Crippen LogP contribution in [0.3, 0.4) is 0 Å². The molecule has 0 aromatic heterocycles. The normalized spacial score (nSPS) is 33.4. The van der Waals surface area contributed by atoms with Crippen molar-refractivity contribution in [1.82, 2.24) is 10.6 Å². The van der Waals surface area contributed by atoms with Crippen molar-refractivity contribution in [2.24, 2.45) is 5.73 Å². The first-order chi connectivity index (χ1) is 7.99. The van der Waals surface area contributed by atoms with Gasteiger partial charge in [-0.15, -0.1) is 0 Å². The molecule has 0 amide bonds. The van der Waals surface area contributed by atoms with Crippen molar-refractivity contribution in [2.75, 3.05) is 0 Å². The van der Waals surface area contributed by atoms with Gasteiger partial charge in [0.1, 0.15) is 0 Å². The van der Waals surface area contributed by atoms with E-state index in [-0.39, 0.29) is 5.66 Å². The van der Waals surface area contributed by atoms with Crippen LogP contribution in [0.4, 0.5) is 0 Å². The number of rotatable bonds is 6. The van der Waals surface area contributed by atoms with E-state index in [1.807, 2.05) is 0 Å². The van der Waals surface area contributed by atoms with Gasteiger partial charge in [-0.05, 0) is 52.4 Å². The Hall–Kier alpha value is -0.120. The van der Waals surface area contributed by atoms with Crippen molar-refractivity contribution in [3.63, 3.8) is 0 Å². The van der Waals surface area contributed by atoms with Crippen LogP contribution < -0.4 is 16.4 Å². The number of hydrogen-bond donors (Lipinski definition) is 3. The maximum absolute atomic E-state index is 6.42. The molecule has 1 rings (SSSR count). The minimum Gasteiger partial charge on any atom is -0.313 e. The Balaban J connectivity index is 2.33. The molecule has 2 unspecified atom stereocenters. The van der Waals surface area contributed by atoms with Gasteiger partial charge in [-0.3, -0.25) is 5.32 Å². The Morgan fingerprint density at radius 1 is 1.12 bits per heavy atom. The summed E-state index contributed by atoms with van der Waals surface area (Å²) < 4.78 is 0. The van der Waals surface area contributed by atoms with Crippen molar-refractivity contribution in [1.29, 1.82) is 0 Å². The molecule has 0 saturated heterocycles. The first-order valence-corrected chi connectivity index (χ1v) is 7.31. The summed E-state index contributed by atoms with van der Waals surface area (Å²) >= 11 is 0. The van der Waals surface area contributed by atoms with Gasteiger partial charge in [0, 0.05) is 18.1 Å². The van der Waals surface area contributed by atoms with Crippen LogP contribution in [-0.2, 0) is 0 Å². The number of hydrogen-bond acceptors (Lipinski definition) is 3. The summed E-state index contributed by atoms with van der Waals surface area (Å²) in [5.74, 6) is 0. The highest BCUT2D eigenvalue weighted by Crippen LogP contribution is 2.25. The van der Waals surface area contributed by atoms with Crippen molar-refractivity contribution in [2.45, 2.75) is 90.0 Å². The molecule has 3 heteroatoms. The molecule has 1 aliphatic rings. The average molecular weight is 241 g/mol. The monoisotopic (exact) mass is 241 g/mol. The molecule has 1 fully saturated rings. The van der Waals surface area contributed by atoms with Gasteiger partial charge in [0.15, 0.2) is 0 Å². The van der Waals surface area contributed by atoms with E-state index in [9.17, 15) is 0 Å². The fourth-order valence-corrected chi connectivity index (χ4v) is 2.56. The standard InChI is InChI=1S/C14H31N3/c1-5-11(3)16-13-7-9-14(15,10-8-13)17-12(4)6-2/h11-13,16-17H,5-10,15H2,1-4H3. The second-order valence-electron chi connectivity index (χ2n) is 5.86. The zero-order valence-corrected chi connectivity index (χ0v) is 12.1. The maximum Gasteiger partial charge on any atom is 0.0665 e. The van der Waals surface area contributed by atoms with E-state index in [0.717, 1.165) is 19.3 Å². The molecule has 0 aromatic carbocycles. The van der Waals surface area contributed by atoms with E-state index >= 15 is 0 Å². The maximum atomic E-state index is 6.42. The molecule has 0 spiro atoms. The van der Waals surface area contributed by atoms with Gasteiger partial charge in [-0.2, -0.15) is 0 Å². The molecular weight excluding hydrogens is 210 g/mol. The Labute approximate surface area is 107 Å². The van der Waals surface area contributed by atoms with Crippen LogP contribution in [0.5, 0.6) is 0 Å². The number of nitrogens with one attached hydrogen (secondary N) is 2. The highest BCUT2D eigenvalue weighted by molar-refractivity contribution is 4.91. The fraction of sp³-hybridized carbons (Fsp3) is 1.00. The quantitative estimate of drug-likeness (QED) is 0.626. The molecule has 0 aromatic rings. The summed E-state index contributed by atoms with van der Waals surface area (Å²) in [5, 5.41) is 7.27. The lowest BCUT2D eigenvalue weighted by Crippen LogP contribution is -2.60. The molecular formula is C14H31N3. The predicted octanol–water partition coefficient (Wildman–Crippen LogP) is 2.36. The molecule has 0 heterocycles. The molecule has 17 heavy (non-hydrogen) atoms. The molecule has 102 valence electrons. The van der Waals surface area contributed by atoms with Gasteiger partial charge in [-0.25, -0.2) is 0 Å². The van der Waals surface area contributed by atoms with Gasteiger partial charge in [0.25, 0.3) is 0 Å². The van der Waals surface area contributed by atoms with Gasteiger partial charge in [-0.1, -0.05) is 13.8 Å². The van der Waals surface area contributed by atoms with Crippen LogP contribution >= 0.6 is 0 Å². The first kappa shape index (κ1) is 14.9. The smallest absolute Gasteiger partial charge is 0.0665 e. The topological polar surface area (TPSA) is 50.1 Å². The molecule has 0 radical (unpaired) electrons. The summed E-state index contributed by atoms with van der Waals surface area (Å²) in [5.41, 5.74) is 6.30. The van der Waals surface area contributed by atoms with Crippen LogP contribution in [-0.4, -0.2) is 23.8 Å². The van der Waals surface area contributed by atoms with Crippen molar-refractivity contribution >= 4 is 0 Å². The van der Waals surface area contributed by atoms with Crippen LogP contribution in [0.1, 0.15) is 66.2 Å². The van der Waals surface area contributed by atoms with E-state index in [1.165, 1.54) is 19.3 Å². The first-order valence-electron chi connectivity index (χ1n) is 7.31. The summed E-state index contributed by atoms with van der Waals surface area (Å²) in [4.78, 5) is 0. The predicted molar refractivity (Wildman–Crippen MR) is 75.0 cm³/mol. The lowest BCUT2D eigenvalue weighted by atomic mass is 9.85. The van der Waals surface area contributed by atoms with E-state index in [0.29, 0.717) is 18.1 Å². The summed E-state index contributed by atoms with van der Waals surface area (Å²) in [7, 11) is 0. The van der Waals surface area contributed by atoms with Gasteiger partial charge in [0.2, 0.25) is 0 Å². The van der Waals surface area contributed by atoms with Crippen LogP contribution in [0.15, 0.2) is 0 Å². The highest BCUT2D eigenvalue weighted by Gasteiger charge is 2.32. The van der Waals surface area contributed by atoms with E-state index in [4.69, 9.17) is 5.73 Å². The SMILES string of the molecule is CCC(C)NC1CCC(N)(NC(C)CC)CC1. The summed E-state index contributed by atoms with van der Waals surface area (Å²) in [6.07, 6.45) is 6.92. The van der Waals surface area contributed by atoms with E-state index in [2.05, 4.69) is 38.3 Å². The molecule has 2 atom stereocenters. The van der Waals surface area contributed by atoms with Gasteiger partial charge in [0.05, 0.1) is 5.66 Å².